The lowest BCUT2D eigenvalue weighted by molar-refractivity contribution is -0.122. The van der Waals surface area contributed by atoms with Crippen LogP contribution in [0, 0.1) is 9.49 Å². The molecular formula is C15H17ClIN3O. The topological polar surface area (TPSA) is 46.9 Å². The molecular weight excluding hydrogens is 401 g/mol. The van der Waals surface area contributed by atoms with Crippen molar-refractivity contribution in [2.45, 2.75) is 31.7 Å². The Labute approximate surface area is 142 Å². The van der Waals surface area contributed by atoms with Crippen molar-refractivity contribution in [3.05, 3.63) is 27.6 Å². The van der Waals surface area contributed by atoms with Gasteiger partial charge in [-0.3, -0.25) is 4.79 Å². The molecule has 1 atom stereocenters. The number of hydrogen-bond donors (Lipinski definition) is 1. The van der Waals surface area contributed by atoms with E-state index in [1.165, 1.54) is 0 Å². The number of imidazole rings is 1. The molecule has 0 spiro atoms. The average molecular weight is 418 g/mol. The first kappa shape index (κ1) is 15.1. The fraction of sp³-hybridized carbons (Fsp3) is 0.467. The lowest BCUT2D eigenvalue weighted by atomic mass is 10.3. The van der Waals surface area contributed by atoms with E-state index in [0.717, 1.165) is 33.3 Å². The monoisotopic (exact) mass is 417 g/mol. The van der Waals surface area contributed by atoms with Gasteiger partial charge < -0.3 is 9.88 Å². The second-order valence-corrected chi connectivity index (χ2v) is 7.34. The molecule has 4 nitrogen and oxygen atoms in total. The SMILES string of the molecule is CC(Cl)c1nc2cc(I)ccc2n1CCNC(=O)C1CC1. The zero-order valence-corrected chi connectivity index (χ0v) is 14.7. The van der Waals surface area contributed by atoms with Gasteiger partial charge in [0.2, 0.25) is 5.91 Å². The summed E-state index contributed by atoms with van der Waals surface area (Å²) in [5.41, 5.74) is 2.02. The van der Waals surface area contributed by atoms with Gasteiger partial charge in [-0.1, -0.05) is 0 Å². The van der Waals surface area contributed by atoms with Gasteiger partial charge >= 0.3 is 0 Å². The van der Waals surface area contributed by atoms with E-state index in [2.05, 4.69) is 55.7 Å². The van der Waals surface area contributed by atoms with Crippen molar-refractivity contribution in [3.63, 3.8) is 0 Å². The van der Waals surface area contributed by atoms with Gasteiger partial charge in [0.05, 0.1) is 16.4 Å². The van der Waals surface area contributed by atoms with Crippen LogP contribution in [0.3, 0.4) is 0 Å². The van der Waals surface area contributed by atoms with Gasteiger partial charge in [0, 0.05) is 22.6 Å². The van der Waals surface area contributed by atoms with E-state index in [1.807, 2.05) is 6.92 Å². The number of alkyl halides is 1. The van der Waals surface area contributed by atoms with Gasteiger partial charge in [-0.2, -0.15) is 0 Å². The Bertz CT molecular complexity index is 679. The van der Waals surface area contributed by atoms with Crippen molar-refractivity contribution in [3.8, 4) is 0 Å². The molecule has 0 radical (unpaired) electrons. The summed E-state index contributed by atoms with van der Waals surface area (Å²) in [6.45, 7) is 3.23. The van der Waals surface area contributed by atoms with Crippen LogP contribution >= 0.6 is 34.2 Å². The van der Waals surface area contributed by atoms with Gasteiger partial charge in [0.1, 0.15) is 5.82 Å². The maximum absolute atomic E-state index is 11.7. The summed E-state index contributed by atoms with van der Waals surface area (Å²) < 4.78 is 3.26. The number of rotatable bonds is 5. The van der Waals surface area contributed by atoms with Crippen LogP contribution in [0.4, 0.5) is 0 Å². The van der Waals surface area contributed by atoms with Crippen LogP contribution in [0.1, 0.15) is 31.0 Å². The molecule has 6 heteroatoms. The Kier molecular flexibility index (Phi) is 4.40. The third-order valence-electron chi connectivity index (χ3n) is 3.68. The molecule has 1 aromatic heterocycles. The van der Waals surface area contributed by atoms with Crippen LogP contribution in [0.2, 0.25) is 0 Å². The first-order chi connectivity index (χ1) is 10.1. The number of aromatic nitrogens is 2. The molecule has 1 amide bonds. The molecule has 21 heavy (non-hydrogen) atoms. The van der Waals surface area contributed by atoms with Crippen molar-refractivity contribution < 1.29 is 4.79 Å². The largest absolute Gasteiger partial charge is 0.354 e. The minimum atomic E-state index is -0.158. The predicted molar refractivity (Wildman–Crippen MR) is 92.5 cm³/mol. The number of nitrogens with one attached hydrogen (secondary N) is 1. The minimum Gasteiger partial charge on any atom is -0.354 e. The van der Waals surface area contributed by atoms with Crippen LogP contribution in [0.5, 0.6) is 0 Å². The van der Waals surface area contributed by atoms with Crippen molar-refractivity contribution in [2.24, 2.45) is 5.92 Å². The Hall–Kier alpha value is -0.820. The summed E-state index contributed by atoms with van der Waals surface area (Å²) in [7, 11) is 0. The Morgan fingerprint density at radius 2 is 2.33 bits per heavy atom. The quantitative estimate of drug-likeness (QED) is 0.598. The Balaban J connectivity index is 1.81. The molecule has 1 fully saturated rings. The molecule has 1 heterocycles. The highest BCUT2D eigenvalue weighted by Crippen LogP contribution is 2.29. The molecule has 1 unspecified atom stereocenters. The number of fused-ring (bicyclic) bond motifs is 1. The molecule has 0 bridgehead atoms. The van der Waals surface area contributed by atoms with Crippen LogP contribution in [-0.2, 0) is 11.3 Å². The number of hydrogen-bond acceptors (Lipinski definition) is 2. The van der Waals surface area contributed by atoms with Crippen molar-refractivity contribution >= 4 is 51.1 Å². The maximum atomic E-state index is 11.7. The normalized spacial score (nSPS) is 16.1. The Morgan fingerprint density at radius 1 is 1.57 bits per heavy atom. The molecule has 0 saturated heterocycles. The van der Waals surface area contributed by atoms with Crippen LogP contribution in [-0.4, -0.2) is 22.0 Å². The van der Waals surface area contributed by atoms with E-state index in [4.69, 9.17) is 11.6 Å². The van der Waals surface area contributed by atoms with E-state index in [-0.39, 0.29) is 17.2 Å². The summed E-state index contributed by atoms with van der Waals surface area (Å²) in [4.78, 5) is 16.3. The first-order valence-electron chi connectivity index (χ1n) is 7.13. The van der Waals surface area contributed by atoms with Gasteiger partial charge in [-0.05, 0) is 60.6 Å². The summed E-state index contributed by atoms with van der Waals surface area (Å²) in [5.74, 6) is 1.28. The van der Waals surface area contributed by atoms with Crippen LogP contribution in [0.15, 0.2) is 18.2 Å². The molecule has 1 N–H and O–H groups in total. The predicted octanol–water partition coefficient (Wildman–Crippen LogP) is 3.47. The van der Waals surface area contributed by atoms with E-state index in [1.54, 1.807) is 0 Å². The molecule has 2 aromatic rings. The van der Waals surface area contributed by atoms with Gasteiger partial charge in [-0.15, -0.1) is 11.6 Å². The third kappa shape index (κ3) is 3.34. The summed E-state index contributed by atoms with van der Waals surface area (Å²) in [6.07, 6.45) is 2.06. The average Bonchev–Trinajstić information content (AvgIpc) is 3.22. The summed E-state index contributed by atoms with van der Waals surface area (Å²) >= 11 is 8.53. The number of carbonyl (C=O) groups excluding carboxylic acids is 1. The molecule has 1 aromatic carbocycles. The highest BCUT2D eigenvalue weighted by atomic mass is 127. The number of amides is 1. The fourth-order valence-electron chi connectivity index (χ4n) is 2.44. The lowest BCUT2D eigenvalue weighted by Crippen LogP contribution is -2.28. The lowest BCUT2D eigenvalue weighted by Gasteiger charge is -2.11. The fourth-order valence-corrected chi connectivity index (χ4v) is 3.08. The van der Waals surface area contributed by atoms with Gasteiger partial charge in [0.25, 0.3) is 0 Å². The zero-order chi connectivity index (χ0) is 15.0. The summed E-state index contributed by atoms with van der Waals surface area (Å²) in [5, 5.41) is 2.83. The third-order valence-corrected chi connectivity index (χ3v) is 4.54. The van der Waals surface area contributed by atoms with Crippen molar-refractivity contribution in [2.75, 3.05) is 6.54 Å². The van der Waals surface area contributed by atoms with E-state index in [0.29, 0.717) is 13.1 Å². The molecule has 0 aliphatic heterocycles. The second-order valence-electron chi connectivity index (χ2n) is 5.44. The molecule has 3 rings (SSSR count). The van der Waals surface area contributed by atoms with E-state index in [9.17, 15) is 4.79 Å². The summed E-state index contributed by atoms with van der Waals surface area (Å²) in [6, 6.07) is 6.18. The van der Waals surface area contributed by atoms with Crippen LogP contribution in [0.25, 0.3) is 11.0 Å². The van der Waals surface area contributed by atoms with Crippen molar-refractivity contribution in [1.29, 1.82) is 0 Å². The smallest absolute Gasteiger partial charge is 0.223 e. The minimum absolute atomic E-state index is 0.158. The number of carbonyl (C=O) groups is 1. The highest BCUT2D eigenvalue weighted by molar-refractivity contribution is 14.1. The first-order valence-corrected chi connectivity index (χ1v) is 8.65. The zero-order valence-electron chi connectivity index (χ0n) is 11.8. The number of nitrogens with zero attached hydrogens (tertiary/aromatic N) is 2. The second kappa shape index (κ2) is 6.12. The van der Waals surface area contributed by atoms with Gasteiger partial charge in [0.15, 0.2) is 0 Å². The van der Waals surface area contributed by atoms with E-state index < -0.39 is 0 Å². The molecule has 1 aliphatic rings. The molecule has 1 aliphatic carbocycles. The van der Waals surface area contributed by atoms with E-state index >= 15 is 0 Å². The standard InChI is InChI=1S/C15H17ClIN3O/c1-9(16)14-19-12-8-11(17)4-5-13(12)20(14)7-6-18-15(21)10-2-3-10/h4-5,8-10H,2-3,6-7H2,1H3,(H,18,21). The van der Waals surface area contributed by atoms with Crippen molar-refractivity contribution in [1.82, 2.24) is 14.9 Å². The molecule has 1 saturated carbocycles. The Morgan fingerprint density at radius 3 is 3.00 bits per heavy atom. The highest BCUT2D eigenvalue weighted by Gasteiger charge is 2.29. The number of benzene rings is 1. The maximum Gasteiger partial charge on any atom is 0.223 e. The molecule has 112 valence electrons. The number of halogens is 2. The van der Waals surface area contributed by atoms with Gasteiger partial charge in [-0.25, -0.2) is 4.98 Å². The van der Waals surface area contributed by atoms with Crippen LogP contribution < -0.4 is 5.32 Å².